The van der Waals surface area contributed by atoms with Crippen molar-refractivity contribution in [3.8, 4) is 17.2 Å². The molecule has 0 saturated carbocycles. The van der Waals surface area contributed by atoms with Gasteiger partial charge in [-0.15, -0.1) is 0 Å². The number of carbonyl (C=O) groups excluding carboxylic acids is 1. The zero-order valence-electron chi connectivity index (χ0n) is 14.0. The third-order valence-corrected chi connectivity index (χ3v) is 3.51. The summed E-state index contributed by atoms with van der Waals surface area (Å²) >= 11 is 0. The molecule has 0 heterocycles. The van der Waals surface area contributed by atoms with Gasteiger partial charge in [-0.2, -0.15) is 0 Å². The number of non-ortho nitro benzene ring substituents is 1. The molecule has 0 fully saturated rings. The van der Waals surface area contributed by atoms with Gasteiger partial charge in [-0.3, -0.25) is 14.9 Å². The van der Waals surface area contributed by atoms with Gasteiger partial charge in [-0.25, -0.2) is 0 Å². The minimum atomic E-state index is -0.515. The van der Waals surface area contributed by atoms with E-state index in [-0.39, 0.29) is 11.5 Å². The zero-order valence-corrected chi connectivity index (χ0v) is 14.0. The first kappa shape index (κ1) is 18.0. The number of methoxy groups -OCH3 is 3. The lowest BCUT2D eigenvalue weighted by Gasteiger charge is -2.12. The molecule has 0 unspecified atom stereocenters. The van der Waals surface area contributed by atoms with E-state index in [0.717, 1.165) is 0 Å². The Balaban J connectivity index is 2.28. The Kier molecular flexibility index (Phi) is 5.73. The molecule has 7 nitrogen and oxygen atoms in total. The molecule has 0 saturated heterocycles. The number of allylic oxidation sites excluding steroid dienone is 1. The lowest BCUT2D eigenvalue weighted by atomic mass is 10.1. The largest absolute Gasteiger partial charge is 0.496 e. The molecule has 2 aromatic rings. The van der Waals surface area contributed by atoms with Crippen molar-refractivity contribution in [2.24, 2.45) is 0 Å². The van der Waals surface area contributed by atoms with Crippen LogP contribution >= 0.6 is 0 Å². The standard InChI is InChI=1S/C18H17NO6/c1-23-16-11-18(25-3)17(24-2)10-13(16)6-9-15(20)12-4-7-14(8-5-12)19(21)22/h4-11H,1-3H3. The van der Waals surface area contributed by atoms with Crippen molar-refractivity contribution in [2.45, 2.75) is 0 Å². The first-order chi connectivity index (χ1) is 12.0. The predicted molar refractivity (Wildman–Crippen MR) is 92.6 cm³/mol. The molecule has 0 bridgehead atoms. The Labute approximate surface area is 144 Å². The zero-order chi connectivity index (χ0) is 18.4. The fourth-order valence-electron chi connectivity index (χ4n) is 2.19. The Morgan fingerprint density at radius 2 is 1.52 bits per heavy atom. The van der Waals surface area contributed by atoms with Crippen LogP contribution < -0.4 is 14.2 Å². The van der Waals surface area contributed by atoms with Crippen molar-refractivity contribution >= 4 is 17.5 Å². The highest BCUT2D eigenvalue weighted by Crippen LogP contribution is 2.35. The minimum Gasteiger partial charge on any atom is -0.496 e. The van der Waals surface area contributed by atoms with Gasteiger partial charge in [0.15, 0.2) is 17.3 Å². The molecular formula is C18H17NO6. The van der Waals surface area contributed by atoms with Crippen molar-refractivity contribution in [1.29, 1.82) is 0 Å². The normalized spacial score (nSPS) is 10.5. The molecule has 7 heteroatoms. The maximum atomic E-state index is 12.2. The number of nitro groups is 1. The van der Waals surface area contributed by atoms with Gasteiger partial charge in [0.1, 0.15) is 5.75 Å². The number of benzene rings is 2. The molecular weight excluding hydrogens is 326 g/mol. The summed E-state index contributed by atoms with van der Waals surface area (Å²) in [4.78, 5) is 22.4. The van der Waals surface area contributed by atoms with E-state index >= 15 is 0 Å². The molecule has 25 heavy (non-hydrogen) atoms. The van der Waals surface area contributed by atoms with Crippen LogP contribution in [-0.2, 0) is 0 Å². The van der Waals surface area contributed by atoms with E-state index in [9.17, 15) is 14.9 Å². The third-order valence-electron chi connectivity index (χ3n) is 3.51. The maximum Gasteiger partial charge on any atom is 0.269 e. The van der Waals surface area contributed by atoms with E-state index in [1.807, 2.05) is 0 Å². The van der Waals surface area contributed by atoms with Crippen molar-refractivity contribution in [1.82, 2.24) is 0 Å². The average molecular weight is 343 g/mol. The number of ketones is 1. The molecule has 2 aromatic carbocycles. The lowest BCUT2D eigenvalue weighted by Crippen LogP contribution is -1.97. The van der Waals surface area contributed by atoms with Gasteiger partial charge < -0.3 is 14.2 Å². The van der Waals surface area contributed by atoms with Gasteiger partial charge in [0.05, 0.1) is 26.3 Å². The molecule has 0 N–H and O–H groups in total. The fourth-order valence-corrected chi connectivity index (χ4v) is 2.19. The number of hydrogen-bond donors (Lipinski definition) is 0. The molecule has 2 rings (SSSR count). The van der Waals surface area contributed by atoms with Crippen LogP contribution in [0.4, 0.5) is 5.69 Å². The Morgan fingerprint density at radius 3 is 2.04 bits per heavy atom. The second-order valence-electron chi connectivity index (χ2n) is 4.95. The summed E-state index contributed by atoms with van der Waals surface area (Å²) in [6.07, 6.45) is 2.95. The van der Waals surface area contributed by atoms with Gasteiger partial charge in [0.25, 0.3) is 5.69 Å². The number of rotatable bonds is 7. The van der Waals surface area contributed by atoms with Gasteiger partial charge in [-0.05, 0) is 30.4 Å². The second kappa shape index (κ2) is 7.96. The maximum absolute atomic E-state index is 12.2. The van der Waals surface area contributed by atoms with Crippen LogP contribution in [0.15, 0.2) is 42.5 Å². The van der Waals surface area contributed by atoms with Gasteiger partial charge in [-0.1, -0.05) is 0 Å². The molecule has 0 atom stereocenters. The summed E-state index contributed by atoms with van der Waals surface area (Å²) < 4.78 is 15.7. The summed E-state index contributed by atoms with van der Waals surface area (Å²) in [5.41, 5.74) is 0.916. The predicted octanol–water partition coefficient (Wildman–Crippen LogP) is 3.52. The van der Waals surface area contributed by atoms with Crippen LogP contribution in [0, 0.1) is 10.1 Å². The first-order valence-electron chi connectivity index (χ1n) is 7.27. The van der Waals surface area contributed by atoms with E-state index in [0.29, 0.717) is 28.4 Å². The summed E-state index contributed by atoms with van der Waals surface area (Å²) in [7, 11) is 4.54. The van der Waals surface area contributed by atoms with Gasteiger partial charge >= 0.3 is 0 Å². The summed E-state index contributed by atoms with van der Waals surface area (Å²) in [6.45, 7) is 0. The highest BCUT2D eigenvalue weighted by atomic mass is 16.6. The summed E-state index contributed by atoms with van der Waals surface area (Å²) in [5, 5.41) is 10.6. The van der Waals surface area contributed by atoms with Crippen molar-refractivity contribution < 1.29 is 23.9 Å². The quantitative estimate of drug-likeness (QED) is 0.331. The van der Waals surface area contributed by atoms with E-state index in [4.69, 9.17) is 14.2 Å². The van der Waals surface area contributed by atoms with E-state index in [2.05, 4.69) is 0 Å². The molecule has 0 aliphatic carbocycles. The number of nitro benzene ring substituents is 1. The average Bonchev–Trinajstić information content (AvgIpc) is 2.65. The third kappa shape index (κ3) is 4.14. The Morgan fingerprint density at radius 1 is 0.960 bits per heavy atom. The SMILES string of the molecule is COc1cc(OC)c(OC)cc1C=CC(=O)c1ccc([N+](=O)[O-])cc1. The molecule has 0 spiro atoms. The number of carbonyl (C=O) groups is 1. The summed E-state index contributed by atoms with van der Waals surface area (Å²) in [6, 6.07) is 8.76. The van der Waals surface area contributed by atoms with Crippen molar-refractivity contribution in [3.05, 3.63) is 63.7 Å². The number of hydrogen-bond acceptors (Lipinski definition) is 6. The highest BCUT2D eigenvalue weighted by molar-refractivity contribution is 6.07. The topological polar surface area (TPSA) is 87.9 Å². The van der Waals surface area contributed by atoms with Crippen molar-refractivity contribution in [3.63, 3.8) is 0 Å². The Hall–Kier alpha value is -3.35. The molecule has 0 aliphatic rings. The van der Waals surface area contributed by atoms with Crippen LogP contribution in [0.1, 0.15) is 15.9 Å². The van der Waals surface area contributed by atoms with Crippen LogP contribution in [0.2, 0.25) is 0 Å². The van der Waals surface area contributed by atoms with E-state index in [1.165, 1.54) is 51.7 Å². The van der Waals surface area contributed by atoms with Gasteiger partial charge in [0.2, 0.25) is 0 Å². The molecule has 130 valence electrons. The van der Waals surface area contributed by atoms with Crippen LogP contribution in [0.25, 0.3) is 6.08 Å². The van der Waals surface area contributed by atoms with Gasteiger partial charge in [0, 0.05) is 29.3 Å². The van der Waals surface area contributed by atoms with Crippen LogP contribution in [0.3, 0.4) is 0 Å². The molecule has 0 amide bonds. The molecule has 0 aromatic heterocycles. The number of ether oxygens (including phenoxy) is 3. The second-order valence-corrected chi connectivity index (χ2v) is 4.95. The molecule has 0 aliphatic heterocycles. The minimum absolute atomic E-state index is 0.0675. The number of nitrogens with zero attached hydrogens (tertiary/aromatic N) is 1. The first-order valence-corrected chi connectivity index (χ1v) is 7.27. The summed E-state index contributed by atoms with van der Waals surface area (Å²) in [5.74, 6) is 1.25. The van der Waals surface area contributed by atoms with Crippen molar-refractivity contribution in [2.75, 3.05) is 21.3 Å². The highest BCUT2D eigenvalue weighted by Gasteiger charge is 2.11. The molecule has 0 radical (unpaired) electrons. The van der Waals surface area contributed by atoms with Crippen LogP contribution in [0.5, 0.6) is 17.2 Å². The Bertz CT molecular complexity index is 811. The van der Waals surface area contributed by atoms with E-state index < -0.39 is 4.92 Å². The van der Waals surface area contributed by atoms with E-state index in [1.54, 1.807) is 18.2 Å². The van der Waals surface area contributed by atoms with Crippen LogP contribution in [-0.4, -0.2) is 32.0 Å². The smallest absolute Gasteiger partial charge is 0.269 e. The fraction of sp³-hybridized carbons (Fsp3) is 0.167. The monoisotopic (exact) mass is 343 g/mol. The lowest BCUT2D eigenvalue weighted by molar-refractivity contribution is -0.384.